The number of amides is 4. The van der Waals surface area contributed by atoms with Gasteiger partial charge in [0.25, 0.3) is 0 Å². The first-order chi connectivity index (χ1) is 29.5. The van der Waals surface area contributed by atoms with Crippen LogP contribution >= 0.6 is 0 Å². The largest absolute Gasteiger partial charge is 0.481 e. The van der Waals surface area contributed by atoms with Crippen molar-refractivity contribution in [3.05, 3.63) is 0 Å². The van der Waals surface area contributed by atoms with Crippen LogP contribution in [0.2, 0.25) is 0 Å². The highest BCUT2D eigenvalue weighted by Gasteiger charge is 2.20. The minimum absolute atomic E-state index is 0. The third-order valence-electron chi connectivity index (χ3n) is 9.15. The van der Waals surface area contributed by atoms with Gasteiger partial charge in [0, 0.05) is 38.9 Å². The van der Waals surface area contributed by atoms with Crippen LogP contribution in [0.5, 0.6) is 0 Å². The Balaban J connectivity index is -0.0000114. The average molecular weight is 892 g/mol. The smallest absolute Gasteiger partial charge is 0.326 e. The monoisotopic (exact) mass is 892 g/mol. The Labute approximate surface area is 371 Å². The van der Waals surface area contributed by atoms with Gasteiger partial charge in [0.05, 0.1) is 45.7 Å². The van der Waals surface area contributed by atoms with E-state index in [4.69, 9.17) is 29.8 Å². The van der Waals surface area contributed by atoms with Gasteiger partial charge in [0.1, 0.15) is 25.5 Å². The fraction of sp³-hybridized carbons (Fsp3) is 0.841. The average Bonchev–Trinajstić information content (AvgIpc) is 3.24. The first-order valence-electron chi connectivity index (χ1n) is 22.6. The van der Waals surface area contributed by atoms with Crippen LogP contribution in [0.3, 0.4) is 0 Å². The van der Waals surface area contributed by atoms with Gasteiger partial charge in [-0.05, 0) is 38.5 Å². The highest BCUT2D eigenvalue weighted by atomic mass is 16.5. The summed E-state index contributed by atoms with van der Waals surface area (Å²) in [5, 5.41) is 28.7. The Hall–Kier alpha value is -3.71. The zero-order chi connectivity index (χ0) is 45.6. The molecule has 0 aliphatic heterocycles. The summed E-state index contributed by atoms with van der Waals surface area (Å²) >= 11 is 0. The second kappa shape index (κ2) is 48.3. The fourth-order valence-corrected chi connectivity index (χ4v) is 5.77. The van der Waals surface area contributed by atoms with Crippen molar-refractivity contribution in [2.75, 3.05) is 72.5 Å². The molecule has 364 valence electrons. The molecule has 0 saturated heterocycles. The third kappa shape index (κ3) is 47.3. The molecule has 0 heterocycles. The number of nitrogens with two attached hydrogens (primary N) is 1. The molecule has 0 bridgehead atoms. The van der Waals surface area contributed by atoms with Crippen molar-refractivity contribution in [2.24, 2.45) is 5.73 Å². The molecule has 0 aromatic carbocycles. The van der Waals surface area contributed by atoms with Gasteiger partial charge < -0.3 is 61.0 Å². The van der Waals surface area contributed by atoms with Crippen LogP contribution in [-0.2, 0) is 52.5 Å². The molecule has 2 atom stereocenters. The number of aldehydes is 1. The molecular weight excluding hydrogens is 807 g/mol. The maximum atomic E-state index is 12.3. The molecule has 2 unspecified atom stereocenters. The topological polar surface area (TPSA) is 271 Å². The molecule has 0 saturated carbocycles. The van der Waals surface area contributed by atoms with Crippen molar-refractivity contribution >= 4 is 41.9 Å². The maximum Gasteiger partial charge on any atom is 0.326 e. The number of hydrogen-bond donors (Lipinski definition) is 7. The number of carbonyl (C=O) groups is 7. The van der Waals surface area contributed by atoms with E-state index in [-0.39, 0.29) is 123 Å². The van der Waals surface area contributed by atoms with E-state index < -0.39 is 24.0 Å². The summed E-state index contributed by atoms with van der Waals surface area (Å²) in [6.07, 6.45) is 18.2. The van der Waals surface area contributed by atoms with Crippen molar-refractivity contribution in [3.8, 4) is 0 Å². The lowest BCUT2D eigenvalue weighted by Gasteiger charge is -2.14. The number of nitrogens with one attached hydrogen (secondary N) is 4. The van der Waals surface area contributed by atoms with Crippen LogP contribution in [0.4, 0.5) is 0 Å². The summed E-state index contributed by atoms with van der Waals surface area (Å²) in [7, 11) is 0. The van der Waals surface area contributed by atoms with Crippen molar-refractivity contribution in [1.82, 2.24) is 21.3 Å². The second-order valence-corrected chi connectivity index (χ2v) is 14.5. The van der Waals surface area contributed by atoms with Gasteiger partial charge in [0.15, 0.2) is 0 Å². The number of carboxylic acids is 2. The lowest BCUT2D eigenvalue weighted by atomic mass is 10.0. The van der Waals surface area contributed by atoms with Crippen molar-refractivity contribution < 1.29 is 62.7 Å². The number of carboxylic acid groups (broad SMARTS) is 2. The quantitative estimate of drug-likeness (QED) is 0.0330. The van der Waals surface area contributed by atoms with E-state index >= 15 is 0 Å². The molecule has 0 spiro atoms. The minimum atomic E-state index is -1.18. The molecule has 0 fully saturated rings. The SMILES string of the molecule is C.CC.NC(C=O)CCCCNC(=O)COCCOCCNC(=O)COCCOCCNC(=O)CCC(NC(=O)CCCCCCCCCCCCCCCCC(=O)O)C(=O)O. The van der Waals surface area contributed by atoms with Gasteiger partial charge in [-0.2, -0.15) is 0 Å². The third-order valence-corrected chi connectivity index (χ3v) is 9.15. The first-order valence-corrected chi connectivity index (χ1v) is 22.6. The van der Waals surface area contributed by atoms with Crippen LogP contribution in [0.25, 0.3) is 0 Å². The van der Waals surface area contributed by atoms with Gasteiger partial charge >= 0.3 is 11.9 Å². The van der Waals surface area contributed by atoms with Crippen LogP contribution in [-0.4, -0.2) is 137 Å². The number of carbonyl (C=O) groups excluding carboxylic acids is 5. The summed E-state index contributed by atoms with van der Waals surface area (Å²) < 4.78 is 21.3. The Bertz CT molecular complexity index is 1130. The van der Waals surface area contributed by atoms with E-state index in [2.05, 4.69) is 21.3 Å². The van der Waals surface area contributed by atoms with Crippen LogP contribution in [0.1, 0.15) is 156 Å². The van der Waals surface area contributed by atoms with Crippen LogP contribution in [0, 0.1) is 0 Å². The van der Waals surface area contributed by atoms with Crippen molar-refractivity contribution in [1.29, 1.82) is 0 Å². The lowest BCUT2D eigenvalue weighted by molar-refractivity contribution is -0.142. The lowest BCUT2D eigenvalue weighted by Crippen LogP contribution is -2.41. The molecule has 8 N–H and O–H groups in total. The summed E-state index contributed by atoms with van der Waals surface area (Å²) in [6.45, 7) is 6.03. The Morgan fingerprint density at radius 1 is 0.500 bits per heavy atom. The molecule has 0 aliphatic rings. The molecule has 18 heteroatoms. The van der Waals surface area contributed by atoms with Crippen LogP contribution < -0.4 is 27.0 Å². The van der Waals surface area contributed by atoms with Crippen LogP contribution in [0.15, 0.2) is 0 Å². The molecule has 0 aromatic heterocycles. The van der Waals surface area contributed by atoms with E-state index in [1.54, 1.807) is 0 Å². The molecule has 0 radical (unpaired) electrons. The zero-order valence-corrected chi connectivity index (χ0v) is 37.3. The second-order valence-electron chi connectivity index (χ2n) is 14.5. The van der Waals surface area contributed by atoms with Gasteiger partial charge in [0.2, 0.25) is 23.6 Å². The minimum Gasteiger partial charge on any atom is -0.481 e. The number of unbranched alkanes of at least 4 members (excludes halogenated alkanes) is 14. The van der Waals surface area contributed by atoms with Gasteiger partial charge in [-0.15, -0.1) is 0 Å². The number of hydrogen-bond acceptors (Lipinski definition) is 12. The first kappa shape index (κ1) is 62.6. The highest BCUT2D eigenvalue weighted by Crippen LogP contribution is 2.14. The van der Waals surface area contributed by atoms with Gasteiger partial charge in [-0.1, -0.05) is 98.3 Å². The van der Waals surface area contributed by atoms with Crippen molar-refractivity contribution in [2.45, 2.75) is 168 Å². The van der Waals surface area contributed by atoms with E-state index in [9.17, 15) is 38.7 Å². The highest BCUT2D eigenvalue weighted by molar-refractivity contribution is 5.84. The molecule has 0 rings (SSSR count). The summed E-state index contributed by atoms with van der Waals surface area (Å²) in [6, 6.07) is -1.60. The van der Waals surface area contributed by atoms with E-state index in [0.717, 1.165) is 51.4 Å². The van der Waals surface area contributed by atoms with E-state index in [1.807, 2.05) is 13.8 Å². The zero-order valence-electron chi connectivity index (χ0n) is 37.3. The predicted octanol–water partition coefficient (Wildman–Crippen LogP) is 4.44. The Morgan fingerprint density at radius 3 is 1.37 bits per heavy atom. The maximum absolute atomic E-state index is 12.3. The molecule has 4 amide bonds. The van der Waals surface area contributed by atoms with E-state index in [1.165, 1.54) is 44.9 Å². The Morgan fingerprint density at radius 2 is 0.919 bits per heavy atom. The van der Waals surface area contributed by atoms with Gasteiger partial charge in [-0.25, -0.2) is 4.79 Å². The number of ether oxygens (including phenoxy) is 4. The molecule has 0 aliphatic carbocycles. The molecule has 18 nitrogen and oxygen atoms in total. The van der Waals surface area contributed by atoms with E-state index in [0.29, 0.717) is 25.7 Å². The fourth-order valence-electron chi connectivity index (χ4n) is 5.77. The number of aliphatic carboxylic acids is 2. The summed E-state index contributed by atoms with van der Waals surface area (Å²) in [4.78, 5) is 80.7. The standard InChI is InChI=1S/C41H75N5O13.C2H6.CH4/c42-34(31-47)17-15-16-22-43-38(50)32-58-29-28-57-26-24-45-39(51)33-59-30-27-56-25-23-44-36(48)21-20-35(41(54)55)46-37(49)18-13-11-9-7-5-3-1-2-4-6-8-10-12-14-19-40(52)53;1-2;/h31,34-35H,1-30,32-33,42H2,(H,43,50)(H,44,48)(H,45,51)(H,46,49)(H,52,53)(H,54,55);1-2H3;1H4. The van der Waals surface area contributed by atoms with Gasteiger partial charge in [-0.3, -0.25) is 24.0 Å². The normalized spacial score (nSPS) is 11.5. The Kier molecular flexibility index (Phi) is 48.8. The number of rotatable bonds is 44. The summed E-state index contributed by atoms with van der Waals surface area (Å²) in [5.74, 6) is -3.15. The molecular formula is C44H85N5O13. The summed E-state index contributed by atoms with van der Waals surface area (Å²) in [5.41, 5.74) is 5.51. The molecule has 0 aromatic rings. The predicted molar refractivity (Wildman–Crippen MR) is 239 cm³/mol. The van der Waals surface area contributed by atoms with Crippen molar-refractivity contribution in [3.63, 3.8) is 0 Å². The molecule has 62 heavy (non-hydrogen) atoms.